The molecule has 0 rings (SSSR count). The summed E-state index contributed by atoms with van der Waals surface area (Å²) in [7, 11) is 0. The number of rotatable bonds is 48. The Morgan fingerprint density at radius 3 is 0.683 bits per heavy atom. The van der Waals surface area contributed by atoms with Gasteiger partial charge in [-0.05, 0) is 37.5 Å². The fraction of sp³-hybridized carbons (Fsp3) is 0.963. The maximum absolute atomic E-state index is 12.9. The zero-order chi connectivity index (χ0) is 44.3. The molecule has 2 atom stereocenters. The summed E-state index contributed by atoms with van der Waals surface area (Å²) in [6, 6.07) is 0. The van der Waals surface area contributed by atoms with Gasteiger partial charge in [0.05, 0.1) is 13.2 Å². The highest BCUT2D eigenvalue weighted by atomic mass is 16.6. The Balaban J connectivity index is 0. The summed E-state index contributed by atoms with van der Waals surface area (Å²) >= 11 is 0. The molecule has 0 spiro atoms. The van der Waals surface area contributed by atoms with Crippen molar-refractivity contribution in [2.45, 2.75) is 297 Å². The monoisotopic (exact) mass is 853 g/mol. The van der Waals surface area contributed by atoms with Crippen molar-refractivity contribution in [3.8, 4) is 0 Å². The van der Waals surface area contributed by atoms with Crippen molar-refractivity contribution < 1.29 is 29.3 Å². The smallest absolute Gasteiger partial charge is 0.306 e. The van der Waals surface area contributed by atoms with E-state index in [4.69, 9.17) is 19.7 Å². The lowest BCUT2D eigenvalue weighted by atomic mass is 9.91. The van der Waals surface area contributed by atoms with Crippen molar-refractivity contribution in [3.05, 3.63) is 0 Å². The molecule has 0 aromatic heterocycles. The number of hydrogen-bond acceptors (Lipinski definition) is 6. The minimum atomic E-state index is -0.125. The molecule has 0 saturated heterocycles. The standard InChI is InChI=1S/C52H102O4.C2H6O2/c1-5-9-13-17-21-25-27-31-35-39-43-49(41-37-33-29-23-19-15-11-7-3)47-51(53)55-45-46-56-52(54)48-50(42-38-34-30-24-20-16-12-8-4)44-40-36-32-28-26-22-18-14-10-6-2;3-1-2-4/h49-50H,5-48H2,1-4H3;3-4H,1-2H2. The number of aliphatic hydroxyl groups excluding tert-OH is 2. The Bertz CT molecular complexity index is 752. The van der Waals surface area contributed by atoms with E-state index in [-0.39, 0.29) is 38.4 Å². The molecule has 0 amide bonds. The van der Waals surface area contributed by atoms with E-state index in [2.05, 4.69) is 27.7 Å². The lowest BCUT2D eigenvalue weighted by Gasteiger charge is -2.17. The van der Waals surface area contributed by atoms with Gasteiger partial charge in [0.2, 0.25) is 0 Å². The average molecular weight is 853 g/mol. The maximum atomic E-state index is 12.9. The zero-order valence-corrected chi connectivity index (χ0v) is 41.2. The van der Waals surface area contributed by atoms with Gasteiger partial charge in [-0.25, -0.2) is 0 Å². The minimum Gasteiger partial charge on any atom is -0.462 e. The van der Waals surface area contributed by atoms with Gasteiger partial charge in [-0.3, -0.25) is 9.59 Å². The number of hydrogen-bond donors (Lipinski definition) is 2. The van der Waals surface area contributed by atoms with E-state index >= 15 is 0 Å². The fourth-order valence-corrected chi connectivity index (χ4v) is 8.57. The SMILES string of the molecule is CCCCCCCCCCCCC(CCCCCCCCCC)CC(=O)OCCOC(=O)CC(CCCCCCCCCC)CCCCCCCCCCCC.OCCO. The van der Waals surface area contributed by atoms with Gasteiger partial charge in [-0.15, -0.1) is 0 Å². The largest absolute Gasteiger partial charge is 0.462 e. The number of esters is 2. The van der Waals surface area contributed by atoms with E-state index in [1.165, 1.54) is 231 Å². The van der Waals surface area contributed by atoms with Crippen LogP contribution in [0.1, 0.15) is 297 Å². The Kier molecular flexibility index (Phi) is 54.8. The molecule has 360 valence electrons. The Hall–Kier alpha value is -1.14. The van der Waals surface area contributed by atoms with Crippen LogP contribution < -0.4 is 0 Å². The van der Waals surface area contributed by atoms with Crippen molar-refractivity contribution in [2.24, 2.45) is 11.8 Å². The first-order valence-electron chi connectivity index (χ1n) is 27.0. The van der Waals surface area contributed by atoms with Crippen LogP contribution in [0, 0.1) is 11.8 Å². The summed E-state index contributed by atoms with van der Waals surface area (Å²) in [6.45, 7) is 9.26. The second-order valence-electron chi connectivity index (χ2n) is 18.5. The fourth-order valence-electron chi connectivity index (χ4n) is 8.57. The number of carbonyl (C=O) groups excluding carboxylic acids is 2. The Morgan fingerprint density at radius 1 is 0.317 bits per heavy atom. The summed E-state index contributed by atoms with van der Waals surface area (Å²) in [6.07, 6.45) is 53.7. The maximum Gasteiger partial charge on any atom is 0.306 e. The summed E-state index contributed by atoms with van der Waals surface area (Å²) in [5, 5.41) is 15.2. The third kappa shape index (κ3) is 51.2. The molecule has 0 aliphatic rings. The second kappa shape index (κ2) is 54.0. The van der Waals surface area contributed by atoms with Crippen LogP contribution in [0.3, 0.4) is 0 Å². The summed E-state index contributed by atoms with van der Waals surface area (Å²) in [5.41, 5.74) is 0. The molecule has 6 heteroatoms. The molecule has 0 fully saturated rings. The lowest BCUT2D eigenvalue weighted by molar-refractivity contribution is -0.153. The first kappa shape index (κ1) is 60.9. The molecule has 0 aromatic carbocycles. The topological polar surface area (TPSA) is 93.1 Å². The van der Waals surface area contributed by atoms with Gasteiger partial charge in [0.25, 0.3) is 0 Å². The molecule has 2 unspecified atom stereocenters. The van der Waals surface area contributed by atoms with Crippen LogP contribution >= 0.6 is 0 Å². The van der Waals surface area contributed by atoms with Gasteiger partial charge >= 0.3 is 11.9 Å². The van der Waals surface area contributed by atoms with E-state index in [0.29, 0.717) is 24.7 Å². The predicted octanol–water partition coefficient (Wildman–Crippen LogP) is 16.7. The summed E-state index contributed by atoms with van der Waals surface area (Å²) < 4.78 is 11.3. The van der Waals surface area contributed by atoms with Crippen molar-refractivity contribution in [3.63, 3.8) is 0 Å². The van der Waals surface area contributed by atoms with Gasteiger partial charge in [0.1, 0.15) is 13.2 Å². The molecule has 0 radical (unpaired) electrons. The van der Waals surface area contributed by atoms with E-state index in [1.807, 2.05) is 0 Å². The molecule has 0 aliphatic carbocycles. The normalized spacial score (nSPS) is 12.2. The zero-order valence-electron chi connectivity index (χ0n) is 41.2. The van der Waals surface area contributed by atoms with Crippen LogP contribution in [-0.4, -0.2) is 48.6 Å². The highest BCUT2D eigenvalue weighted by Gasteiger charge is 2.17. The van der Waals surface area contributed by atoms with Crippen LogP contribution in [0.25, 0.3) is 0 Å². The Labute approximate surface area is 375 Å². The third-order valence-corrected chi connectivity index (χ3v) is 12.5. The van der Waals surface area contributed by atoms with E-state index in [1.54, 1.807) is 0 Å². The number of carbonyl (C=O) groups is 2. The number of aliphatic hydroxyl groups is 2. The highest BCUT2D eigenvalue weighted by Crippen LogP contribution is 2.25. The average Bonchev–Trinajstić information content (AvgIpc) is 3.25. The van der Waals surface area contributed by atoms with E-state index < -0.39 is 0 Å². The van der Waals surface area contributed by atoms with E-state index in [9.17, 15) is 9.59 Å². The second-order valence-corrected chi connectivity index (χ2v) is 18.5. The predicted molar refractivity (Wildman–Crippen MR) is 260 cm³/mol. The lowest BCUT2D eigenvalue weighted by Crippen LogP contribution is -2.18. The number of ether oxygens (including phenoxy) is 2. The van der Waals surface area contributed by atoms with Crippen LogP contribution in [0.15, 0.2) is 0 Å². The molecule has 6 nitrogen and oxygen atoms in total. The highest BCUT2D eigenvalue weighted by molar-refractivity contribution is 5.70. The van der Waals surface area contributed by atoms with Gasteiger partial charge in [-0.1, -0.05) is 259 Å². The molecule has 60 heavy (non-hydrogen) atoms. The van der Waals surface area contributed by atoms with Gasteiger partial charge in [-0.2, -0.15) is 0 Å². The molecule has 0 bridgehead atoms. The van der Waals surface area contributed by atoms with Crippen LogP contribution in [0.2, 0.25) is 0 Å². The first-order chi connectivity index (χ1) is 29.5. The molecule has 0 heterocycles. The van der Waals surface area contributed by atoms with Crippen LogP contribution in [0.5, 0.6) is 0 Å². The van der Waals surface area contributed by atoms with Gasteiger partial charge < -0.3 is 19.7 Å². The molecule has 2 N–H and O–H groups in total. The summed E-state index contributed by atoms with van der Waals surface area (Å²) in [4.78, 5) is 25.9. The third-order valence-electron chi connectivity index (χ3n) is 12.5. The molecule has 0 aliphatic heterocycles. The van der Waals surface area contributed by atoms with Crippen molar-refractivity contribution in [1.29, 1.82) is 0 Å². The van der Waals surface area contributed by atoms with Gasteiger partial charge in [0.15, 0.2) is 0 Å². The van der Waals surface area contributed by atoms with Gasteiger partial charge in [0, 0.05) is 12.8 Å². The molecule has 0 saturated carbocycles. The van der Waals surface area contributed by atoms with Crippen molar-refractivity contribution in [2.75, 3.05) is 26.4 Å². The first-order valence-corrected chi connectivity index (χ1v) is 27.0. The minimum absolute atomic E-state index is 0.105. The Morgan fingerprint density at radius 2 is 0.500 bits per heavy atom. The van der Waals surface area contributed by atoms with Crippen LogP contribution in [-0.2, 0) is 19.1 Å². The van der Waals surface area contributed by atoms with Crippen LogP contribution in [0.4, 0.5) is 0 Å². The van der Waals surface area contributed by atoms with Crippen molar-refractivity contribution >= 4 is 11.9 Å². The molecule has 0 aromatic rings. The molecular weight excluding hydrogens is 745 g/mol. The summed E-state index contributed by atoms with van der Waals surface area (Å²) in [5.74, 6) is 0.626. The van der Waals surface area contributed by atoms with Crippen molar-refractivity contribution in [1.82, 2.24) is 0 Å². The molecular formula is C54H108O6. The quantitative estimate of drug-likeness (QED) is 0.0468. The number of unbranched alkanes of at least 4 members (excludes halogenated alkanes) is 32. The van der Waals surface area contributed by atoms with E-state index in [0.717, 1.165) is 25.7 Å².